The zero-order chi connectivity index (χ0) is 9.68. The van der Waals surface area contributed by atoms with Gasteiger partial charge in [-0.1, -0.05) is 36.7 Å². The Morgan fingerprint density at radius 1 is 1.54 bits per heavy atom. The molecule has 0 aromatic heterocycles. The molecule has 0 spiro atoms. The first kappa shape index (κ1) is 10.1. The first-order valence-electron chi connectivity index (χ1n) is 4.05. The Balaban J connectivity index is 2.70. The van der Waals surface area contributed by atoms with Crippen molar-refractivity contribution in [2.24, 2.45) is 0 Å². The molecule has 0 saturated carbocycles. The first-order valence-corrected chi connectivity index (χ1v) is 4.43. The van der Waals surface area contributed by atoms with E-state index in [0.717, 1.165) is 5.56 Å². The number of rotatable bonds is 4. The molecule has 1 atom stereocenters. The predicted octanol–water partition coefficient (Wildman–Crippen LogP) is 2.62. The van der Waals surface area contributed by atoms with Crippen LogP contribution in [0.15, 0.2) is 24.3 Å². The van der Waals surface area contributed by atoms with Crippen LogP contribution >= 0.6 is 11.6 Å². The Hall–Kier alpha value is -1.02. The maximum Gasteiger partial charge on any atom is 0.293 e. The molecule has 70 valence electrons. The van der Waals surface area contributed by atoms with Gasteiger partial charge in [0.05, 0.1) is 6.61 Å². The molecular formula is C10H11ClO2. The molecule has 0 unspecified atom stereocenters. The highest BCUT2D eigenvalue weighted by Crippen LogP contribution is 2.23. The topological polar surface area (TPSA) is 26.3 Å². The zero-order valence-corrected chi connectivity index (χ0v) is 8.12. The lowest BCUT2D eigenvalue weighted by Gasteiger charge is -2.11. The van der Waals surface area contributed by atoms with Gasteiger partial charge >= 0.3 is 0 Å². The van der Waals surface area contributed by atoms with Crippen molar-refractivity contribution in [1.29, 1.82) is 0 Å². The SMILES string of the molecule is C[C@H](COC=O)c1ccccc1Cl. The van der Waals surface area contributed by atoms with Crippen LogP contribution in [0.1, 0.15) is 18.4 Å². The van der Waals surface area contributed by atoms with Crippen molar-refractivity contribution < 1.29 is 9.53 Å². The zero-order valence-electron chi connectivity index (χ0n) is 7.37. The summed E-state index contributed by atoms with van der Waals surface area (Å²) < 4.78 is 4.67. The average molecular weight is 199 g/mol. The van der Waals surface area contributed by atoms with Crippen LogP contribution in [-0.2, 0) is 9.53 Å². The molecule has 1 aromatic rings. The Morgan fingerprint density at radius 2 is 2.23 bits per heavy atom. The van der Waals surface area contributed by atoms with Gasteiger partial charge in [0.25, 0.3) is 6.47 Å². The van der Waals surface area contributed by atoms with Crippen LogP contribution in [0, 0.1) is 0 Å². The fraction of sp³-hybridized carbons (Fsp3) is 0.300. The largest absolute Gasteiger partial charge is 0.467 e. The van der Waals surface area contributed by atoms with Crippen molar-refractivity contribution in [3.63, 3.8) is 0 Å². The molecule has 0 heterocycles. The first-order chi connectivity index (χ1) is 6.25. The lowest BCUT2D eigenvalue weighted by Crippen LogP contribution is -2.03. The minimum absolute atomic E-state index is 0.138. The molecule has 2 nitrogen and oxygen atoms in total. The summed E-state index contributed by atoms with van der Waals surface area (Å²) in [6, 6.07) is 7.55. The van der Waals surface area contributed by atoms with Gasteiger partial charge in [-0.3, -0.25) is 4.79 Å². The maximum atomic E-state index is 9.97. The molecule has 0 amide bonds. The summed E-state index contributed by atoms with van der Waals surface area (Å²) in [5.41, 5.74) is 1.01. The van der Waals surface area contributed by atoms with Gasteiger partial charge < -0.3 is 4.74 Å². The highest BCUT2D eigenvalue weighted by molar-refractivity contribution is 6.31. The van der Waals surface area contributed by atoms with Crippen LogP contribution in [0.4, 0.5) is 0 Å². The lowest BCUT2D eigenvalue weighted by atomic mass is 10.0. The smallest absolute Gasteiger partial charge is 0.293 e. The van der Waals surface area contributed by atoms with Crippen molar-refractivity contribution >= 4 is 18.1 Å². The summed E-state index contributed by atoms with van der Waals surface area (Å²) in [5.74, 6) is 0.138. The highest BCUT2D eigenvalue weighted by atomic mass is 35.5. The van der Waals surface area contributed by atoms with E-state index >= 15 is 0 Å². The van der Waals surface area contributed by atoms with E-state index in [0.29, 0.717) is 18.1 Å². The molecule has 1 aromatic carbocycles. The second-order valence-electron chi connectivity index (χ2n) is 2.85. The van der Waals surface area contributed by atoms with Crippen LogP contribution in [0.25, 0.3) is 0 Å². The van der Waals surface area contributed by atoms with E-state index in [2.05, 4.69) is 4.74 Å². The van der Waals surface area contributed by atoms with Crippen molar-refractivity contribution in [3.05, 3.63) is 34.9 Å². The van der Waals surface area contributed by atoms with Gasteiger partial charge in [0.15, 0.2) is 0 Å². The average Bonchev–Trinajstić information content (AvgIpc) is 2.15. The van der Waals surface area contributed by atoms with Gasteiger partial charge in [0.2, 0.25) is 0 Å². The number of benzene rings is 1. The van der Waals surface area contributed by atoms with E-state index in [-0.39, 0.29) is 5.92 Å². The Labute approximate surface area is 82.5 Å². The van der Waals surface area contributed by atoms with Crippen molar-refractivity contribution in [2.45, 2.75) is 12.8 Å². The maximum absolute atomic E-state index is 9.97. The van der Waals surface area contributed by atoms with Crippen molar-refractivity contribution in [2.75, 3.05) is 6.61 Å². The van der Waals surface area contributed by atoms with Crippen LogP contribution in [-0.4, -0.2) is 13.1 Å². The molecule has 0 aliphatic rings. The number of hydrogen-bond donors (Lipinski definition) is 0. The van der Waals surface area contributed by atoms with Crippen LogP contribution < -0.4 is 0 Å². The number of ether oxygens (including phenoxy) is 1. The van der Waals surface area contributed by atoms with Crippen molar-refractivity contribution in [3.8, 4) is 0 Å². The number of carbonyl (C=O) groups excluding carboxylic acids is 1. The highest BCUT2D eigenvalue weighted by Gasteiger charge is 2.08. The molecule has 0 fully saturated rings. The third kappa shape index (κ3) is 2.74. The predicted molar refractivity (Wildman–Crippen MR) is 51.9 cm³/mol. The van der Waals surface area contributed by atoms with Crippen molar-refractivity contribution in [1.82, 2.24) is 0 Å². The van der Waals surface area contributed by atoms with Crippen LogP contribution in [0.2, 0.25) is 5.02 Å². The summed E-state index contributed by atoms with van der Waals surface area (Å²) in [5, 5.41) is 0.712. The monoisotopic (exact) mass is 198 g/mol. The summed E-state index contributed by atoms with van der Waals surface area (Å²) >= 11 is 5.95. The molecule has 0 saturated heterocycles. The van der Waals surface area contributed by atoms with Crippen LogP contribution in [0.5, 0.6) is 0 Å². The standard InChI is InChI=1S/C10H11ClO2/c1-8(6-13-7-12)9-4-2-3-5-10(9)11/h2-5,7-8H,6H2,1H3/t8-/m1/s1. The summed E-state index contributed by atoms with van der Waals surface area (Å²) in [7, 11) is 0. The van der Waals surface area contributed by atoms with Gasteiger partial charge in [-0.2, -0.15) is 0 Å². The van der Waals surface area contributed by atoms with Gasteiger partial charge in [-0.15, -0.1) is 0 Å². The van der Waals surface area contributed by atoms with E-state index in [1.807, 2.05) is 31.2 Å². The third-order valence-electron chi connectivity index (χ3n) is 1.85. The number of halogens is 1. The normalized spacial score (nSPS) is 12.2. The van der Waals surface area contributed by atoms with E-state index in [4.69, 9.17) is 11.6 Å². The van der Waals surface area contributed by atoms with Gasteiger partial charge in [-0.25, -0.2) is 0 Å². The lowest BCUT2D eigenvalue weighted by molar-refractivity contribution is -0.129. The molecule has 0 radical (unpaired) electrons. The summed E-state index contributed by atoms with van der Waals surface area (Å²) in [4.78, 5) is 9.97. The molecular weight excluding hydrogens is 188 g/mol. The molecule has 0 aliphatic heterocycles. The number of hydrogen-bond acceptors (Lipinski definition) is 2. The van der Waals surface area contributed by atoms with E-state index in [9.17, 15) is 4.79 Å². The quantitative estimate of drug-likeness (QED) is 0.696. The van der Waals surface area contributed by atoms with Crippen LogP contribution in [0.3, 0.4) is 0 Å². The van der Waals surface area contributed by atoms with E-state index < -0.39 is 0 Å². The summed E-state index contributed by atoms with van der Waals surface area (Å²) in [6.45, 7) is 2.78. The minimum atomic E-state index is 0.138. The number of carbonyl (C=O) groups is 1. The molecule has 0 N–H and O–H groups in total. The van der Waals surface area contributed by atoms with E-state index in [1.165, 1.54) is 0 Å². The third-order valence-corrected chi connectivity index (χ3v) is 2.19. The Kier molecular flexibility index (Phi) is 3.77. The molecule has 1 rings (SSSR count). The molecule has 3 heteroatoms. The Bertz CT molecular complexity index is 286. The molecule has 13 heavy (non-hydrogen) atoms. The molecule has 0 aliphatic carbocycles. The second kappa shape index (κ2) is 4.87. The van der Waals surface area contributed by atoms with Gasteiger partial charge in [-0.05, 0) is 11.6 Å². The fourth-order valence-corrected chi connectivity index (χ4v) is 1.47. The second-order valence-corrected chi connectivity index (χ2v) is 3.26. The fourth-order valence-electron chi connectivity index (χ4n) is 1.15. The summed E-state index contributed by atoms with van der Waals surface area (Å²) in [6.07, 6.45) is 0. The Morgan fingerprint density at radius 3 is 2.85 bits per heavy atom. The van der Waals surface area contributed by atoms with Gasteiger partial charge in [0.1, 0.15) is 0 Å². The minimum Gasteiger partial charge on any atom is -0.467 e. The van der Waals surface area contributed by atoms with Gasteiger partial charge in [0, 0.05) is 10.9 Å². The molecule has 0 bridgehead atoms. The van der Waals surface area contributed by atoms with E-state index in [1.54, 1.807) is 0 Å².